The van der Waals surface area contributed by atoms with E-state index >= 15 is 0 Å². The molecule has 2 N–H and O–H groups in total. The minimum absolute atomic E-state index is 0.371. The molecule has 0 fully saturated rings. The fourth-order valence-corrected chi connectivity index (χ4v) is 3.11. The second-order valence-electron chi connectivity index (χ2n) is 5.34. The van der Waals surface area contributed by atoms with Crippen LogP contribution in [0.5, 0.6) is 0 Å². The fraction of sp³-hybridized carbons (Fsp3) is 0.0556. The van der Waals surface area contributed by atoms with E-state index in [1.165, 1.54) is 17.3 Å². The van der Waals surface area contributed by atoms with Gasteiger partial charge in [0.2, 0.25) is 0 Å². The van der Waals surface area contributed by atoms with Gasteiger partial charge in [0, 0.05) is 5.75 Å². The molecule has 2 heterocycles. The molecule has 0 aliphatic rings. The molecule has 4 rings (SSSR count). The standard InChI is InChI=1S/C18H15N5OS/c19-16-15(11-20-23(16)14-9-5-2-6-10-14)17-21-22-18(24-17)25-12-13-7-3-1-4-8-13/h1-11H,12,19H2. The zero-order valence-corrected chi connectivity index (χ0v) is 14.1. The molecule has 25 heavy (non-hydrogen) atoms. The average molecular weight is 349 g/mol. The van der Waals surface area contributed by atoms with Crippen LogP contribution < -0.4 is 5.73 Å². The molecule has 6 nitrogen and oxygen atoms in total. The number of nitrogens with zero attached hydrogens (tertiary/aromatic N) is 4. The lowest BCUT2D eigenvalue weighted by Gasteiger charge is -2.03. The highest BCUT2D eigenvalue weighted by Gasteiger charge is 2.17. The molecule has 0 amide bonds. The van der Waals surface area contributed by atoms with E-state index in [9.17, 15) is 0 Å². The zero-order valence-electron chi connectivity index (χ0n) is 13.2. The van der Waals surface area contributed by atoms with E-state index in [0.717, 1.165) is 11.4 Å². The molecule has 0 unspecified atom stereocenters. The van der Waals surface area contributed by atoms with Gasteiger partial charge in [-0.05, 0) is 17.7 Å². The SMILES string of the molecule is Nc1c(-c2nnc(SCc3ccccc3)o2)cnn1-c1ccccc1. The first-order valence-electron chi connectivity index (χ1n) is 7.71. The predicted molar refractivity (Wildman–Crippen MR) is 97.3 cm³/mol. The first-order chi connectivity index (χ1) is 12.3. The van der Waals surface area contributed by atoms with Crippen LogP contribution in [0.1, 0.15) is 5.56 Å². The molecule has 0 aliphatic carbocycles. The largest absolute Gasteiger partial charge is 0.411 e. The normalized spacial score (nSPS) is 10.9. The summed E-state index contributed by atoms with van der Waals surface area (Å²) in [6.45, 7) is 0. The van der Waals surface area contributed by atoms with Crippen molar-refractivity contribution in [3.05, 3.63) is 72.4 Å². The maximum Gasteiger partial charge on any atom is 0.277 e. The number of aromatic nitrogens is 4. The van der Waals surface area contributed by atoms with Gasteiger partial charge in [-0.2, -0.15) is 5.10 Å². The van der Waals surface area contributed by atoms with Crippen LogP contribution in [0, 0.1) is 0 Å². The molecule has 0 saturated heterocycles. The van der Waals surface area contributed by atoms with Gasteiger partial charge >= 0.3 is 0 Å². The number of hydrogen-bond acceptors (Lipinski definition) is 6. The number of anilines is 1. The zero-order chi connectivity index (χ0) is 17.1. The molecule has 0 aliphatic heterocycles. The lowest BCUT2D eigenvalue weighted by molar-refractivity contribution is 0.466. The van der Waals surface area contributed by atoms with Crippen molar-refractivity contribution in [2.75, 3.05) is 5.73 Å². The Bertz CT molecular complexity index is 966. The second-order valence-corrected chi connectivity index (χ2v) is 6.26. The molecular weight excluding hydrogens is 334 g/mol. The van der Waals surface area contributed by atoms with E-state index < -0.39 is 0 Å². The summed E-state index contributed by atoms with van der Waals surface area (Å²) in [6.07, 6.45) is 1.64. The van der Waals surface area contributed by atoms with Crippen molar-refractivity contribution in [3.63, 3.8) is 0 Å². The van der Waals surface area contributed by atoms with Gasteiger partial charge < -0.3 is 10.2 Å². The van der Waals surface area contributed by atoms with Gasteiger partial charge in [0.05, 0.1) is 11.9 Å². The second kappa shape index (κ2) is 6.82. The quantitative estimate of drug-likeness (QED) is 0.552. The van der Waals surface area contributed by atoms with Crippen LogP contribution in [0.2, 0.25) is 0 Å². The molecule has 7 heteroatoms. The molecule has 124 valence electrons. The van der Waals surface area contributed by atoms with Crippen LogP contribution in [0.4, 0.5) is 5.82 Å². The lowest BCUT2D eigenvalue weighted by atomic mass is 10.2. The highest BCUT2D eigenvalue weighted by Crippen LogP contribution is 2.29. The van der Waals surface area contributed by atoms with Gasteiger partial charge in [0.1, 0.15) is 11.4 Å². The van der Waals surface area contributed by atoms with Crippen LogP contribution >= 0.6 is 11.8 Å². The number of benzene rings is 2. The third-order valence-electron chi connectivity index (χ3n) is 3.65. The Labute approximate surface area is 148 Å². The number of hydrogen-bond donors (Lipinski definition) is 1. The smallest absolute Gasteiger partial charge is 0.277 e. The summed E-state index contributed by atoms with van der Waals surface area (Å²) in [5.41, 5.74) is 8.91. The molecular formula is C18H15N5OS. The summed E-state index contributed by atoms with van der Waals surface area (Å²) in [4.78, 5) is 0. The van der Waals surface area contributed by atoms with E-state index in [0.29, 0.717) is 22.5 Å². The molecule has 0 radical (unpaired) electrons. The maximum absolute atomic E-state index is 6.21. The van der Waals surface area contributed by atoms with E-state index in [2.05, 4.69) is 27.4 Å². The predicted octanol–water partition coefficient (Wildman–Crippen LogP) is 3.80. The summed E-state index contributed by atoms with van der Waals surface area (Å²) >= 11 is 1.49. The number of para-hydroxylation sites is 1. The molecule has 4 aromatic rings. The topological polar surface area (TPSA) is 82.8 Å². The summed E-state index contributed by atoms with van der Waals surface area (Å²) in [5.74, 6) is 1.60. The molecule has 2 aromatic heterocycles. The Balaban J connectivity index is 1.53. The minimum atomic E-state index is 0.371. The summed E-state index contributed by atoms with van der Waals surface area (Å²) in [7, 11) is 0. The van der Waals surface area contributed by atoms with Gasteiger partial charge in [-0.3, -0.25) is 0 Å². The first kappa shape index (κ1) is 15.5. The Morgan fingerprint density at radius 3 is 2.44 bits per heavy atom. The van der Waals surface area contributed by atoms with E-state index in [1.54, 1.807) is 10.9 Å². The van der Waals surface area contributed by atoms with Gasteiger partial charge in [0.15, 0.2) is 0 Å². The van der Waals surface area contributed by atoms with Crippen molar-refractivity contribution in [1.29, 1.82) is 0 Å². The molecule has 0 spiro atoms. The molecule has 0 bridgehead atoms. The van der Waals surface area contributed by atoms with Crippen LogP contribution in [-0.2, 0) is 5.75 Å². The van der Waals surface area contributed by atoms with E-state index in [4.69, 9.17) is 10.2 Å². The summed E-state index contributed by atoms with van der Waals surface area (Å²) < 4.78 is 7.38. The Hall–Kier alpha value is -3.06. The number of thioether (sulfide) groups is 1. The van der Waals surface area contributed by atoms with Gasteiger partial charge in [-0.25, -0.2) is 4.68 Å². The minimum Gasteiger partial charge on any atom is -0.411 e. The van der Waals surface area contributed by atoms with Crippen molar-refractivity contribution in [1.82, 2.24) is 20.0 Å². The highest BCUT2D eigenvalue weighted by molar-refractivity contribution is 7.98. The van der Waals surface area contributed by atoms with Crippen LogP contribution in [0.3, 0.4) is 0 Å². The average Bonchev–Trinajstić information content (AvgIpc) is 3.28. The van der Waals surface area contributed by atoms with Crippen molar-refractivity contribution in [3.8, 4) is 17.1 Å². The molecule has 0 atom stereocenters. The third-order valence-corrected chi connectivity index (χ3v) is 4.54. The highest BCUT2D eigenvalue weighted by atomic mass is 32.2. The molecule has 0 saturated carbocycles. The fourth-order valence-electron chi connectivity index (χ4n) is 2.39. The molecule has 2 aromatic carbocycles. The number of nitrogen functional groups attached to an aromatic ring is 1. The van der Waals surface area contributed by atoms with Crippen LogP contribution in [0.25, 0.3) is 17.1 Å². The van der Waals surface area contributed by atoms with Crippen molar-refractivity contribution < 1.29 is 4.42 Å². The summed E-state index contributed by atoms with van der Waals surface area (Å²) in [5, 5.41) is 13.0. The van der Waals surface area contributed by atoms with Crippen LogP contribution in [-0.4, -0.2) is 20.0 Å². The van der Waals surface area contributed by atoms with Crippen molar-refractivity contribution >= 4 is 17.6 Å². The Morgan fingerprint density at radius 2 is 1.68 bits per heavy atom. The third kappa shape index (κ3) is 3.27. The number of nitrogens with two attached hydrogens (primary N) is 1. The van der Waals surface area contributed by atoms with Gasteiger partial charge in [0.25, 0.3) is 11.1 Å². The van der Waals surface area contributed by atoms with Crippen molar-refractivity contribution in [2.45, 2.75) is 11.0 Å². The van der Waals surface area contributed by atoms with E-state index in [1.807, 2.05) is 48.5 Å². The van der Waals surface area contributed by atoms with Gasteiger partial charge in [-0.1, -0.05) is 60.3 Å². The Kier molecular flexibility index (Phi) is 4.22. The van der Waals surface area contributed by atoms with Crippen LogP contribution in [0.15, 0.2) is 76.5 Å². The monoisotopic (exact) mass is 349 g/mol. The van der Waals surface area contributed by atoms with Crippen molar-refractivity contribution in [2.24, 2.45) is 0 Å². The maximum atomic E-state index is 6.21. The summed E-state index contributed by atoms with van der Waals surface area (Å²) in [6, 6.07) is 19.8. The first-order valence-corrected chi connectivity index (χ1v) is 8.69. The number of rotatable bonds is 5. The lowest BCUT2D eigenvalue weighted by Crippen LogP contribution is -2.01. The Morgan fingerprint density at radius 1 is 0.960 bits per heavy atom. The van der Waals surface area contributed by atoms with Gasteiger partial charge in [-0.15, -0.1) is 10.2 Å². The van der Waals surface area contributed by atoms with E-state index in [-0.39, 0.29) is 0 Å².